The van der Waals surface area contributed by atoms with Crippen molar-refractivity contribution < 1.29 is 19.4 Å². The number of hydrogen-bond acceptors (Lipinski definition) is 3. The molecule has 1 aliphatic carbocycles. The van der Waals surface area contributed by atoms with E-state index in [-0.39, 0.29) is 18.4 Å². The molecule has 0 spiro atoms. The van der Waals surface area contributed by atoms with Gasteiger partial charge in [0.1, 0.15) is 5.75 Å². The number of carboxylic acid groups (broad SMARTS) is 1. The quantitative estimate of drug-likeness (QED) is 0.765. The zero-order chi connectivity index (χ0) is 17.4. The van der Waals surface area contributed by atoms with Crippen LogP contribution < -0.4 is 10.1 Å². The molecule has 0 bridgehead atoms. The van der Waals surface area contributed by atoms with Gasteiger partial charge in [-0.25, -0.2) is 4.79 Å². The standard InChI is InChI=1S/C19H27NO4/c1-14(10-15-6-3-2-4-7-15)19(23)20-12-16-8-5-9-17(11-16)24-13-18(21)22/h5,8-9,11,14-15H,2-4,6-7,10,12-13H2,1H3,(H,20,23)(H,21,22). The molecule has 0 heterocycles. The minimum absolute atomic E-state index is 0.0274. The van der Waals surface area contributed by atoms with Crippen molar-refractivity contribution in [3.63, 3.8) is 0 Å². The van der Waals surface area contributed by atoms with Crippen LogP contribution in [0.4, 0.5) is 0 Å². The number of aliphatic carboxylic acids is 1. The second kappa shape index (κ2) is 9.30. The lowest BCUT2D eigenvalue weighted by molar-refractivity contribution is -0.139. The summed E-state index contributed by atoms with van der Waals surface area (Å²) in [5, 5.41) is 11.6. The van der Waals surface area contributed by atoms with Crippen LogP contribution in [-0.4, -0.2) is 23.6 Å². The van der Waals surface area contributed by atoms with E-state index in [1.54, 1.807) is 18.2 Å². The van der Waals surface area contributed by atoms with E-state index in [1.165, 1.54) is 32.1 Å². The Morgan fingerprint density at radius 3 is 2.75 bits per heavy atom. The SMILES string of the molecule is CC(CC1CCCCC1)C(=O)NCc1cccc(OCC(=O)O)c1. The Morgan fingerprint density at radius 1 is 1.29 bits per heavy atom. The molecule has 2 N–H and O–H groups in total. The van der Waals surface area contributed by atoms with E-state index in [4.69, 9.17) is 9.84 Å². The molecule has 0 aromatic heterocycles. The molecule has 1 saturated carbocycles. The summed E-state index contributed by atoms with van der Waals surface area (Å²) in [7, 11) is 0. The molecule has 1 aliphatic rings. The molecule has 0 aliphatic heterocycles. The first-order chi connectivity index (χ1) is 11.5. The predicted octanol–water partition coefficient (Wildman–Crippen LogP) is 3.37. The second-order valence-electron chi connectivity index (χ2n) is 6.69. The third kappa shape index (κ3) is 6.22. The van der Waals surface area contributed by atoms with E-state index in [9.17, 15) is 9.59 Å². The van der Waals surface area contributed by atoms with E-state index in [2.05, 4.69) is 5.32 Å². The number of nitrogens with one attached hydrogen (secondary N) is 1. The van der Waals surface area contributed by atoms with Gasteiger partial charge in [0.05, 0.1) is 0 Å². The van der Waals surface area contributed by atoms with Crippen molar-refractivity contribution in [2.24, 2.45) is 11.8 Å². The summed E-state index contributed by atoms with van der Waals surface area (Å²) in [4.78, 5) is 22.8. The van der Waals surface area contributed by atoms with Gasteiger partial charge in [-0.2, -0.15) is 0 Å². The highest BCUT2D eigenvalue weighted by atomic mass is 16.5. The summed E-state index contributed by atoms with van der Waals surface area (Å²) < 4.78 is 5.15. The van der Waals surface area contributed by atoms with E-state index < -0.39 is 5.97 Å². The summed E-state index contributed by atoms with van der Waals surface area (Å²) in [6.07, 6.45) is 7.39. The molecule has 0 radical (unpaired) electrons. The number of benzene rings is 1. The number of carbonyl (C=O) groups is 2. The van der Waals surface area contributed by atoms with Gasteiger partial charge in [-0.1, -0.05) is 51.2 Å². The van der Waals surface area contributed by atoms with Crippen LogP contribution in [0, 0.1) is 11.8 Å². The number of rotatable bonds is 8. The maximum absolute atomic E-state index is 12.3. The fourth-order valence-corrected chi connectivity index (χ4v) is 3.28. The number of amides is 1. The first kappa shape index (κ1) is 18.3. The number of carboxylic acids is 1. The number of hydrogen-bond donors (Lipinski definition) is 2. The minimum Gasteiger partial charge on any atom is -0.482 e. The predicted molar refractivity (Wildman–Crippen MR) is 91.8 cm³/mol. The molecule has 1 aromatic rings. The van der Waals surface area contributed by atoms with Gasteiger partial charge in [0.25, 0.3) is 0 Å². The molecule has 5 heteroatoms. The molecule has 1 atom stereocenters. The molecular weight excluding hydrogens is 306 g/mol. The van der Waals surface area contributed by atoms with E-state index >= 15 is 0 Å². The van der Waals surface area contributed by atoms with Crippen LogP contribution in [0.5, 0.6) is 5.75 Å². The molecule has 1 unspecified atom stereocenters. The fourth-order valence-electron chi connectivity index (χ4n) is 3.28. The molecule has 1 amide bonds. The molecule has 2 rings (SSSR count). The normalized spacial score (nSPS) is 16.4. The molecular formula is C19H27NO4. The summed E-state index contributed by atoms with van der Waals surface area (Å²) in [5.41, 5.74) is 0.899. The molecule has 132 valence electrons. The van der Waals surface area contributed by atoms with Crippen molar-refractivity contribution in [3.05, 3.63) is 29.8 Å². The van der Waals surface area contributed by atoms with Gasteiger partial charge in [-0.05, 0) is 30.0 Å². The summed E-state index contributed by atoms with van der Waals surface area (Å²) in [6.45, 7) is 2.06. The van der Waals surface area contributed by atoms with Crippen LogP contribution in [0.25, 0.3) is 0 Å². The van der Waals surface area contributed by atoms with Gasteiger partial charge in [0, 0.05) is 12.5 Å². The van der Waals surface area contributed by atoms with Crippen LogP contribution in [0.3, 0.4) is 0 Å². The second-order valence-corrected chi connectivity index (χ2v) is 6.69. The zero-order valence-electron chi connectivity index (χ0n) is 14.3. The molecule has 0 saturated heterocycles. The van der Waals surface area contributed by atoms with Crippen molar-refractivity contribution in [1.29, 1.82) is 0 Å². The summed E-state index contributed by atoms with van der Waals surface area (Å²) >= 11 is 0. The summed E-state index contributed by atoms with van der Waals surface area (Å²) in [5.74, 6) is 0.286. The Morgan fingerprint density at radius 2 is 2.04 bits per heavy atom. The molecule has 24 heavy (non-hydrogen) atoms. The monoisotopic (exact) mass is 333 g/mol. The lowest BCUT2D eigenvalue weighted by Gasteiger charge is -2.24. The maximum Gasteiger partial charge on any atom is 0.341 e. The van der Waals surface area contributed by atoms with Crippen molar-refractivity contribution in [2.75, 3.05) is 6.61 Å². The minimum atomic E-state index is -1.01. The maximum atomic E-state index is 12.3. The number of carbonyl (C=O) groups excluding carboxylic acids is 1. The van der Waals surface area contributed by atoms with E-state index in [0.29, 0.717) is 18.2 Å². The van der Waals surface area contributed by atoms with Crippen LogP contribution >= 0.6 is 0 Å². The highest BCUT2D eigenvalue weighted by Gasteiger charge is 2.20. The van der Waals surface area contributed by atoms with Crippen molar-refractivity contribution >= 4 is 11.9 Å². The van der Waals surface area contributed by atoms with E-state index in [1.807, 2.05) is 13.0 Å². The Kier molecular flexibility index (Phi) is 7.09. The van der Waals surface area contributed by atoms with Crippen molar-refractivity contribution in [2.45, 2.75) is 52.0 Å². The van der Waals surface area contributed by atoms with Crippen LogP contribution in [0.15, 0.2) is 24.3 Å². The third-order valence-corrected chi connectivity index (χ3v) is 4.59. The van der Waals surface area contributed by atoms with Crippen LogP contribution in [0.2, 0.25) is 0 Å². The highest BCUT2D eigenvalue weighted by Crippen LogP contribution is 2.29. The molecule has 1 fully saturated rings. The first-order valence-electron chi connectivity index (χ1n) is 8.76. The van der Waals surface area contributed by atoms with Crippen molar-refractivity contribution in [3.8, 4) is 5.75 Å². The van der Waals surface area contributed by atoms with Crippen molar-refractivity contribution in [1.82, 2.24) is 5.32 Å². The Balaban J connectivity index is 1.77. The smallest absolute Gasteiger partial charge is 0.341 e. The lowest BCUT2D eigenvalue weighted by atomic mass is 9.83. The highest BCUT2D eigenvalue weighted by molar-refractivity contribution is 5.78. The van der Waals surface area contributed by atoms with Gasteiger partial charge in [-0.15, -0.1) is 0 Å². The Labute approximate surface area is 143 Å². The van der Waals surface area contributed by atoms with Gasteiger partial charge >= 0.3 is 5.97 Å². The van der Waals surface area contributed by atoms with Gasteiger partial charge in [0.2, 0.25) is 5.91 Å². The van der Waals surface area contributed by atoms with Gasteiger partial charge < -0.3 is 15.2 Å². The molecule has 5 nitrogen and oxygen atoms in total. The average Bonchev–Trinajstić information content (AvgIpc) is 2.59. The van der Waals surface area contributed by atoms with Crippen LogP contribution in [0.1, 0.15) is 51.0 Å². The van der Waals surface area contributed by atoms with Gasteiger partial charge in [0.15, 0.2) is 6.61 Å². The van der Waals surface area contributed by atoms with Crippen LogP contribution in [-0.2, 0) is 16.1 Å². The first-order valence-corrected chi connectivity index (χ1v) is 8.76. The lowest BCUT2D eigenvalue weighted by Crippen LogP contribution is -2.30. The molecule has 1 aromatic carbocycles. The largest absolute Gasteiger partial charge is 0.482 e. The topological polar surface area (TPSA) is 75.6 Å². The van der Waals surface area contributed by atoms with Gasteiger partial charge in [-0.3, -0.25) is 4.79 Å². The third-order valence-electron chi connectivity index (χ3n) is 4.59. The number of ether oxygens (including phenoxy) is 1. The Hall–Kier alpha value is -2.04. The average molecular weight is 333 g/mol. The Bertz CT molecular complexity index is 552. The summed E-state index contributed by atoms with van der Waals surface area (Å²) in [6, 6.07) is 7.15. The van der Waals surface area contributed by atoms with E-state index in [0.717, 1.165) is 12.0 Å². The zero-order valence-corrected chi connectivity index (χ0v) is 14.3. The fraction of sp³-hybridized carbons (Fsp3) is 0.579.